The van der Waals surface area contributed by atoms with Crippen LogP contribution in [0, 0.1) is 0 Å². The summed E-state index contributed by atoms with van der Waals surface area (Å²) in [7, 11) is 0. The van der Waals surface area contributed by atoms with Crippen molar-refractivity contribution in [3.63, 3.8) is 0 Å². The van der Waals surface area contributed by atoms with Crippen LogP contribution >= 0.6 is 23.2 Å². The fourth-order valence-corrected chi connectivity index (χ4v) is 3.89. The molecule has 35 heavy (non-hydrogen) atoms. The Morgan fingerprint density at radius 3 is 2.26 bits per heavy atom. The molecule has 0 saturated heterocycles. The van der Waals surface area contributed by atoms with Gasteiger partial charge in [-0.3, -0.25) is 4.79 Å². The van der Waals surface area contributed by atoms with E-state index in [2.05, 4.69) is 0 Å². The monoisotopic (exact) mass is 518 g/mol. The van der Waals surface area contributed by atoms with E-state index in [1.807, 2.05) is 0 Å². The van der Waals surface area contributed by atoms with Crippen molar-refractivity contribution < 1.29 is 31.5 Å². The van der Waals surface area contributed by atoms with Crippen LogP contribution in [0.4, 0.5) is 13.2 Å². The number of carbonyl (C=O) groups excluding carboxylic acids is 1. The maximum absolute atomic E-state index is 13.8. The molecule has 2 aromatic heterocycles. The molecule has 0 atom stereocenters. The van der Waals surface area contributed by atoms with Gasteiger partial charge in [0.15, 0.2) is 0 Å². The van der Waals surface area contributed by atoms with E-state index in [9.17, 15) is 22.8 Å². The van der Waals surface area contributed by atoms with E-state index >= 15 is 0 Å². The van der Waals surface area contributed by atoms with E-state index in [4.69, 9.17) is 36.8 Å². The number of esters is 1. The van der Waals surface area contributed by atoms with E-state index < -0.39 is 34.5 Å². The van der Waals surface area contributed by atoms with E-state index in [0.29, 0.717) is 21.0 Å². The standard InChI is InChI=1S/C25H11Cl2F3O5/c26-14-3-1-12(2-4-14)21-22(31)17-7-6-16(11-19(17)35-23(21)25(28,29)30)33-24(32)20-10-13-9-15(27)5-8-18(13)34-20/h1-11H. The molecule has 0 saturated carbocycles. The summed E-state index contributed by atoms with van der Waals surface area (Å²) in [6, 6.07) is 15.1. The van der Waals surface area contributed by atoms with Crippen molar-refractivity contribution in [3.05, 3.63) is 98.5 Å². The lowest BCUT2D eigenvalue weighted by atomic mass is 10.0. The molecule has 176 valence electrons. The predicted molar refractivity (Wildman–Crippen MR) is 124 cm³/mol. The second-order valence-electron chi connectivity index (χ2n) is 7.48. The molecule has 0 spiro atoms. The number of hydrogen-bond acceptors (Lipinski definition) is 5. The lowest BCUT2D eigenvalue weighted by molar-refractivity contribution is -0.152. The summed E-state index contributed by atoms with van der Waals surface area (Å²) in [5, 5.41) is 1.19. The number of ether oxygens (including phenoxy) is 1. The zero-order valence-electron chi connectivity index (χ0n) is 17.3. The van der Waals surface area contributed by atoms with Gasteiger partial charge in [-0.15, -0.1) is 0 Å². The highest BCUT2D eigenvalue weighted by atomic mass is 35.5. The summed E-state index contributed by atoms with van der Waals surface area (Å²) < 4.78 is 57.2. The molecule has 5 rings (SSSR count). The molecule has 0 aliphatic heterocycles. The molecule has 0 bridgehead atoms. The van der Waals surface area contributed by atoms with E-state index in [-0.39, 0.29) is 22.5 Å². The number of hydrogen-bond donors (Lipinski definition) is 0. The average molecular weight is 519 g/mol. The van der Waals surface area contributed by atoms with Crippen LogP contribution in [0.1, 0.15) is 16.3 Å². The lowest BCUT2D eigenvalue weighted by Crippen LogP contribution is -2.16. The Hall–Kier alpha value is -3.75. The summed E-state index contributed by atoms with van der Waals surface area (Å²) in [5.74, 6) is -2.66. The minimum Gasteiger partial charge on any atom is -0.450 e. The Balaban J connectivity index is 1.56. The molecule has 5 aromatic rings. The van der Waals surface area contributed by atoms with Crippen LogP contribution < -0.4 is 10.2 Å². The van der Waals surface area contributed by atoms with Gasteiger partial charge in [0, 0.05) is 21.5 Å². The summed E-state index contributed by atoms with van der Waals surface area (Å²) in [4.78, 5) is 25.6. The number of benzene rings is 3. The van der Waals surface area contributed by atoms with E-state index in [0.717, 1.165) is 6.07 Å². The predicted octanol–water partition coefficient (Wildman–Crippen LogP) is 7.75. The Morgan fingerprint density at radius 2 is 1.54 bits per heavy atom. The summed E-state index contributed by atoms with van der Waals surface area (Å²) >= 11 is 11.7. The minimum absolute atomic E-state index is 0.00197. The van der Waals surface area contributed by atoms with Crippen molar-refractivity contribution in [2.24, 2.45) is 0 Å². The number of furan rings is 1. The van der Waals surface area contributed by atoms with Crippen molar-refractivity contribution in [3.8, 4) is 16.9 Å². The third kappa shape index (κ3) is 4.38. The molecule has 0 fully saturated rings. The molecule has 0 aliphatic carbocycles. The van der Waals surface area contributed by atoms with Gasteiger partial charge in [0.05, 0.1) is 10.9 Å². The van der Waals surface area contributed by atoms with Crippen LogP contribution in [0.25, 0.3) is 33.1 Å². The number of carbonyl (C=O) groups is 1. The van der Waals surface area contributed by atoms with Gasteiger partial charge in [-0.1, -0.05) is 35.3 Å². The smallest absolute Gasteiger partial charge is 0.450 e. The van der Waals surface area contributed by atoms with Gasteiger partial charge in [0.2, 0.25) is 16.9 Å². The van der Waals surface area contributed by atoms with Crippen LogP contribution in [0.15, 0.2) is 80.4 Å². The normalized spacial score (nSPS) is 11.8. The molecule has 0 amide bonds. The molecule has 0 aliphatic rings. The average Bonchev–Trinajstić information content (AvgIpc) is 3.22. The summed E-state index contributed by atoms with van der Waals surface area (Å²) in [5.41, 5.74) is -1.55. The van der Waals surface area contributed by atoms with Gasteiger partial charge in [-0.05, 0) is 54.1 Å². The number of alkyl halides is 3. The first kappa shape index (κ1) is 23.0. The molecule has 3 aromatic carbocycles. The molecule has 0 N–H and O–H groups in total. The molecule has 0 radical (unpaired) electrons. The van der Waals surface area contributed by atoms with Crippen molar-refractivity contribution in [2.45, 2.75) is 6.18 Å². The fraction of sp³-hybridized carbons (Fsp3) is 0.0400. The van der Waals surface area contributed by atoms with E-state index in [1.54, 1.807) is 18.2 Å². The summed E-state index contributed by atoms with van der Waals surface area (Å²) in [6.07, 6.45) is -4.97. The molecular weight excluding hydrogens is 508 g/mol. The Kier molecular flexibility index (Phi) is 5.57. The van der Waals surface area contributed by atoms with Crippen molar-refractivity contribution in [1.82, 2.24) is 0 Å². The van der Waals surface area contributed by atoms with Crippen molar-refractivity contribution in [2.75, 3.05) is 0 Å². The van der Waals surface area contributed by atoms with Gasteiger partial charge in [0.1, 0.15) is 16.9 Å². The number of fused-ring (bicyclic) bond motifs is 2. The maximum atomic E-state index is 13.8. The highest BCUT2D eigenvalue weighted by Crippen LogP contribution is 2.38. The lowest BCUT2D eigenvalue weighted by Gasteiger charge is -2.13. The topological polar surface area (TPSA) is 69.7 Å². The van der Waals surface area contributed by atoms with Crippen LogP contribution in [0.3, 0.4) is 0 Å². The van der Waals surface area contributed by atoms with Crippen LogP contribution in [0.5, 0.6) is 5.75 Å². The van der Waals surface area contributed by atoms with Gasteiger partial charge >= 0.3 is 12.1 Å². The number of rotatable bonds is 3. The first-order valence-electron chi connectivity index (χ1n) is 9.95. The van der Waals surface area contributed by atoms with Gasteiger partial charge < -0.3 is 13.6 Å². The second kappa shape index (κ2) is 8.48. The van der Waals surface area contributed by atoms with E-state index in [1.165, 1.54) is 42.5 Å². The Labute approximate surface area is 204 Å². The zero-order valence-corrected chi connectivity index (χ0v) is 18.8. The Morgan fingerprint density at radius 1 is 0.829 bits per heavy atom. The second-order valence-corrected chi connectivity index (χ2v) is 8.35. The molecule has 2 heterocycles. The molecular formula is C25H11Cl2F3O5. The number of halogens is 5. The highest BCUT2D eigenvalue weighted by molar-refractivity contribution is 6.31. The zero-order chi connectivity index (χ0) is 24.9. The van der Waals surface area contributed by atoms with Gasteiger partial charge in [0.25, 0.3) is 0 Å². The molecule has 5 nitrogen and oxygen atoms in total. The summed E-state index contributed by atoms with van der Waals surface area (Å²) in [6.45, 7) is 0. The van der Waals surface area contributed by atoms with Gasteiger partial charge in [-0.2, -0.15) is 13.2 Å². The largest absolute Gasteiger partial charge is 0.450 e. The first-order valence-corrected chi connectivity index (χ1v) is 10.7. The molecule has 10 heteroatoms. The van der Waals surface area contributed by atoms with Crippen molar-refractivity contribution >= 4 is 51.1 Å². The van der Waals surface area contributed by atoms with Gasteiger partial charge in [-0.25, -0.2) is 4.79 Å². The quantitative estimate of drug-likeness (QED) is 0.180. The maximum Gasteiger partial charge on any atom is 0.450 e. The van der Waals surface area contributed by atoms with Crippen LogP contribution in [-0.4, -0.2) is 5.97 Å². The molecule has 0 unspecified atom stereocenters. The fourth-order valence-electron chi connectivity index (χ4n) is 3.59. The van der Waals surface area contributed by atoms with Crippen LogP contribution in [-0.2, 0) is 6.18 Å². The minimum atomic E-state index is -4.97. The van der Waals surface area contributed by atoms with Crippen LogP contribution in [0.2, 0.25) is 10.0 Å². The highest BCUT2D eigenvalue weighted by Gasteiger charge is 2.39. The first-order chi connectivity index (χ1) is 16.6. The Bertz CT molecular complexity index is 1670. The third-order valence-electron chi connectivity index (χ3n) is 5.14. The SMILES string of the molecule is O=C(Oc1ccc2c(=O)c(-c3ccc(Cl)cc3)c(C(F)(F)F)oc2c1)c1cc2cc(Cl)ccc2o1. The van der Waals surface area contributed by atoms with Crippen molar-refractivity contribution in [1.29, 1.82) is 0 Å². The third-order valence-corrected chi connectivity index (χ3v) is 5.63.